The van der Waals surface area contributed by atoms with Gasteiger partial charge in [-0.25, -0.2) is 0 Å². The summed E-state index contributed by atoms with van der Waals surface area (Å²) in [7, 11) is 0. The van der Waals surface area contributed by atoms with Crippen molar-refractivity contribution in [2.24, 2.45) is 0 Å². The summed E-state index contributed by atoms with van der Waals surface area (Å²) < 4.78 is 0. The van der Waals surface area contributed by atoms with Crippen LogP contribution < -0.4 is 10.6 Å². The first-order chi connectivity index (χ1) is 17.3. The Balaban J connectivity index is 2.81. The molecule has 1 heterocycles. The molecule has 0 unspecified atom stereocenters. The third-order valence-electron chi connectivity index (χ3n) is 7.21. The van der Waals surface area contributed by atoms with Crippen molar-refractivity contribution >= 4 is 11.9 Å². The maximum atomic E-state index is 13.1. The van der Waals surface area contributed by atoms with Gasteiger partial charge in [-0.05, 0) is 32.5 Å². The zero-order valence-corrected chi connectivity index (χ0v) is 23.5. The monoisotopic (exact) mass is 514 g/mol. The van der Waals surface area contributed by atoms with Gasteiger partial charge >= 0.3 is 5.97 Å². The van der Waals surface area contributed by atoms with Crippen molar-refractivity contribution in [3.63, 3.8) is 0 Å². The lowest BCUT2D eigenvalue weighted by Crippen LogP contribution is -2.56. The normalized spacial score (nSPS) is 20.7. The van der Waals surface area contributed by atoms with Gasteiger partial charge in [-0.1, -0.05) is 47.5 Å². The molecule has 1 aliphatic heterocycles. The minimum absolute atomic E-state index is 0.132. The number of aliphatic hydroxyl groups excluding tert-OH is 1. The number of amides is 1. The fourth-order valence-corrected chi connectivity index (χ4v) is 4.65. The number of rotatable bonds is 14. The molecule has 3 atom stereocenters. The topological polar surface area (TPSA) is 112 Å². The van der Waals surface area contributed by atoms with E-state index in [4.69, 9.17) is 0 Å². The molecule has 10 nitrogen and oxygen atoms in total. The van der Waals surface area contributed by atoms with Crippen LogP contribution in [0.2, 0.25) is 0 Å². The second kappa shape index (κ2) is 18.9. The van der Waals surface area contributed by atoms with Crippen molar-refractivity contribution in [3.05, 3.63) is 0 Å². The van der Waals surface area contributed by atoms with E-state index in [1.165, 1.54) is 0 Å². The van der Waals surface area contributed by atoms with Gasteiger partial charge in [0.2, 0.25) is 5.91 Å². The molecule has 0 aromatic heterocycles. The average molecular weight is 515 g/mol. The van der Waals surface area contributed by atoms with Crippen LogP contribution in [0.25, 0.3) is 0 Å². The summed E-state index contributed by atoms with van der Waals surface area (Å²) in [6.07, 6.45) is 1.34. The van der Waals surface area contributed by atoms with E-state index in [9.17, 15) is 19.8 Å². The summed E-state index contributed by atoms with van der Waals surface area (Å²) in [5, 5.41) is 25.9. The third-order valence-corrected chi connectivity index (χ3v) is 7.21. The second-order valence-electron chi connectivity index (χ2n) is 9.83. The van der Waals surface area contributed by atoms with E-state index in [0.29, 0.717) is 19.3 Å². The van der Waals surface area contributed by atoms with E-state index in [1.807, 2.05) is 13.8 Å². The van der Waals surface area contributed by atoms with Crippen LogP contribution in [0.5, 0.6) is 0 Å². The number of nitrogens with one attached hydrogen (secondary N) is 2. The minimum atomic E-state index is -1.11. The standard InChI is InChI=1S/C26H54N6O4/c1-6-11-22(25(34)28-23(12-7-2)26(35)36)27-24(33)21-32-19-17-30(9-4)15-13-29(8-3)14-16-31(10-5)18-20-32/h22-23,25,28,34H,6-21H2,1-5H3,(H,27,33)(H,35,36)/t22-,23-,25+/m0/s1. The maximum absolute atomic E-state index is 13.1. The Kier molecular flexibility index (Phi) is 17.2. The molecule has 1 fully saturated rings. The summed E-state index contributed by atoms with van der Waals surface area (Å²) in [6.45, 7) is 21.4. The van der Waals surface area contributed by atoms with Crippen LogP contribution in [0, 0.1) is 0 Å². The predicted molar refractivity (Wildman–Crippen MR) is 145 cm³/mol. The van der Waals surface area contributed by atoms with Crippen molar-refractivity contribution in [3.8, 4) is 0 Å². The highest BCUT2D eigenvalue weighted by molar-refractivity contribution is 5.78. The molecule has 1 rings (SSSR count). The molecule has 4 N–H and O–H groups in total. The number of carbonyl (C=O) groups excluding carboxylic acids is 1. The van der Waals surface area contributed by atoms with Crippen molar-refractivity contribution in [1.29, 1.82) is 0 Å². The van der Waals surface area contributed by atoms with Crippen LogP contribution in [0.3, 0.4) is 0 Å². The summed E-state index contributed by atoms with van der Waals surface area (Å²) in [5.74, 6) is -1.12. The van der Waals surface area contributed by atoms with Crippen molar-refractivity contribution < 1.29 is 19.8 Å². The van der Waals surface area contributed by atoms with Crippen LogP contribution in [-0.4, -0.2) is 139 Å². The SMILES string of the molecule is CCC[C@H](N[C@H](O)[C@H](CCC)NC(=O)CN1CCN(CC)CCN(CC)CCN(CC)CC1)C(=O)O. The van der Waals surface area contributed by atoms with Crippen molar-refractivity contribution in [2.45, 2.75) is 78.6 Å². The Morgan fingerprint density at radius 1 is 0.722 bits per heavy atom. The molecule has 0 aliphatic carbocycles. The van der Waals surface area contributed by atoms with E-state index in [2.05, 4.69) is 51.0 Å². The minimum Gasteiger partial charge on any atom is -0.480 e. The maximum Gasteiger partial charge on any atom is 0.320 e. The first-order valence-corrected chi connectivity index (χ1v) is 14.1. The Labute approximate surface area is 219 Å². The summed E-state index contributed by atoms with van der Waals surface area (Å²) in [5.41, 5.74) is 0. The Morgan fingerprint density at radius 3 is 1.50 bits per heavy atom. The van der Waals surface area contributed by atoms with Crippen LogP contribution in [0.15, 0.2) is 0 Å². The van der Waals surface area contributed by atoms with Crippen LogP contribution in [0.4, 0.5) is 0 Å². The molecule has 0 bridgehead atoms. The van der Waals surface area contributed by atoms with Crippen LogP contribution in [-0.2, 0) is 9.59 Å². The number of aliphatic carboxylic acids is 1. The number of nitrogens with zero attached hydrogens (tertiary/aromatic N) is 4. The van der Waals surface area contributed by atoms with Gasteiger partial charge in [-0.3, -0.25) is 19.8 Å². The molecule has 0 aromatic carbocycles. The number of carboxylic acid groups (broad SMARTS) is 1. The van der Waals surface area contributed by atoms with Gasteiger partial charge in [0.1, 0.15) is 12.3 Å². The van der Waals surface area contributed by atoms with Gasteiger partial charge in [0.15, 0.2) is 0 Å². The fraction of sp³-hybridized carbons (Fsp3) is 0.923. The molecule has 1 saturated heterocycles. The third kappa shape index (κ3) is 12.8. The van der Waals surface area contributed by atoms with Crippen molar-refractivity contribution in [1.82, 2.24) is 30.2 Å². The smallest absolute Gasteiger partial charge is 0.320 e. The lowest BCUT2D eigenvalue weighted by Gasteiger charge is -2.33. The number of aliphatic hydroxyl groups is 1. The lowest BCUT2D eigenvalue weighted by molar-refractivity contribution is -0.141. The molecule has 1 aliphatic rings. The largest absolute Gasteiger partial charge is 0.480 e. The fourth-order valence-electron chi connectivity index (χ4n) is 4.65. The van der Waals surface area contributed by atoms with Gasteiger partial charge < -0.3 is 30.2 Å². The average Bonchev–Trinajstić information content (AvgIpc) is 2.85. The zero-order valence-electron chi connectivity index (χ0n) is 23.5. The summed E-state index contributed by atoms with van der Waals surface area (Å²) in [4.78, 5) is 34.2. The Hall–Kier alpha value is -1.30. The number of hydrogen-bond acceptors (Lipinski definition) is 8. The summed E-state index contributed by atoms with van der Waals surface area (Å²) in [6, 6.07) is -1.37. The van der Waals surface area contributed by atoms with Gasteiger partial charge in [0.25, 0.3) is 0 Å². The molecule has 0 aromatic rings. The van der Waals surface area contributed by atoms with Crippen molar-refractivity contribution in [2.75, 3.05) is 78.5 Å². The van der Waals surface area contributed by atoms with Gasteiger partial charge in [-0.15, -0.1) is 0 Å². The highest BCUT2D eigenvalue weighted by Gasteiger charge is 2.27. The van der Waals surface area contributed by atoms with E-state index < -0.39 is 24.3 Å². The molecule has 0 saturated carbocycles. The molecule has 10 heteroatoms. The van der Waals surface area contributed by atoms with E-state index in [1.54, 1.807) is 0 Å². The molecular weight excluding hydrogens is 460 g/mol. The van der Waals surface area contributed by atoms with E-state index >= 15 is 0 Å². The predicted octanol–water partition coefficient (Wildman–Crippen LogP) is 0.714. The highest BCUT2D eigenvalue weighted by atomic mass is 16.4. The first kappa shape index (κ1) is 32.7. The quantitative estimate of drug-likeness (QED) is 0.249. The molecule has 0 radical (unpaired) electrons. The molecule has 1 amide bonds. The lowest BCUT2D eigenvalue weighted by atomic mass is 10.1. The number of likely N-dealkylation sites (N-methyl/N-ethyl adjacent to an activating group) is 3. The zero-order chi connectivity index (χ0) is 26.9. The summed E-state index contributed by atoms with van der Waals surface area (Å²) >= 11 is 0. The van der Waals surface area contributed by atoms with Gasteiger partial charge in [-0.2, -0.15) is 0 Å². The molecule has 36 heavy (non-hydrogen) atoms. The van der Waals surface area contributed by atoms with Gasteiger partial charge in [0, 0.05) is 52.4 Å². The number of carbonyl (C=O) groups is 2. The Morgan fingerprint density at radius 2 is 1.14 bits per heavy atom. The van der Waals surface area contributed by atoms with E-state index in [-0.39, 0.29) is 12.5 Å². The van der Waals surface area contributed by atoms with Crippen LogP contribution in [0.1, 0.15) is 60.3 Å². The van der Waals surface area contributed by atoms with Gasteiger partial charge in [0.05, 0.1) is 12.6 Å². The molecular formula is C26H54N6O4. The molecule has 0 spiro atoms. The number of hydrogen-bond donors (Lipinski definition) is 4. The first-order valence-electron chi connectivity index (χ1n) is 14.1. The number of carboxylic acids is 1. The second-order valence-corrected chi connectivity index (χ2v) is 9.83. The highest BCUT2D eigenvalue weighted by Crippen LogP contribution is 2.06. The molecule has 212 valence electrons. The Bertz CT molecular complexity index is 591. The van der Waals surface area contributed by atoms with Crippen LogP contribution >= 0.6 is 0 Å². The van der Waals surface area contributed by atoms with E-state index in [0.717, 1.165) is 78.4 Å².